The summed E-state index contributed by atoms with van der Waals surface area (Å²) in [5.74, 6) is -4.25. The molecule has 0 amide bonds. The van der Waals surface area contributed by atoms with E-state index < -0.39 is 42.0 Å². The van der Waals surface area contributed by atoms with Crippen molar-refractivity contribution in [1.29, 1.82) is 0 Å². The molecule has 0 unspecified atom stereocenters. The molecule has 0 bridgehead atoms. The Morgan fingerprint density at radius 3 is 2.10 bits per heavy atom. The number of ether oxygens (including phenoxy) is 1. The van der Waals surface area contributed by atoms with Gasteiger partial charge in [0, 0.05) is 30.9 Å². The Labute approximate surface area is 243 Å². The molecule has 2 aromatic carbocycles. The van der Waals surface area contributed by atoms with Gasteiger partial charge in [-0.1, -0.05) is 30.3 Å². The summed E-state index contributed by atoms with van der Waals surface area (Å²) >= 11 is 0. The van der Waals surface area contributed by atoms with Crippen molar-refractivity contribution in [3.05, 3.63) is 77.1 Å². The fourth-order valence-electron chi connectivity index (χ4n) is 5.03. The van der Waals surface area contributed by atoms with E-state index in [0.717, 1.165) is 48.0 Å². The van der Waals surface area contributed by atoms with Gasteiger partial charge in [-0.05, 0) is 56.5 Å². The molecule has 42 heavy (non-hydrogen) atoms. The summed E-state index contributed by atoms with van der Waals surface area (Å²) in [4.78, 5) is 32.9. The summed E-state index contributed by atoms with van der Waals surface area (Å²) in [5, 5.41) is 49.7. The second-order valence-corrected chi connectivity index (χ2v) is 10.5. The highest BCUT2D eigenvalue weighted by Crippen LogP contribution is 2.38. The lowest BCUT2D eigenvalue weighted by Crippen LogP contribution is -2.42. The number of piperidine rings is 1. The van der Waals surface area contributed by atoms with Crippen LogP contribution in [-0.4, -0.2) is 83.9 Å². The van der Waals surface area contributed by atoms with Gasteiger partial charge in [0.2, 0.25) is 0 Å². The number of aliphatic carboxylic acids is 3. The molecule has 0 radical (unpaired) electrons. The van der Waals surface area contributed by atoms with Crippen molar-refractivity contribution in [2.75, 3.05) is 20.2 Å². The van der Waals surface area contributed by atoms with Gasteiger partial charge in [-0.3, -0.25) is 14.5 Å². The number of carboxylic acid groups (broad SMARTS) is 3. The Morgan fingerprint density at radius 2 is 1.57 bits per heavy atom. The Kier molecular flexibility index (Phi) is 10.4. The average Bonchev–Trinajstić information content (AvgIpc) is 3.27. The van der Waals surface area contributed by atoms with Crippen LogP contribution in [0.15, 0.2) is 54.6 Å². The van der Waals surface area contributed by atoms with E-state index >= 15 is 0 Å². The van der Waals surface area contributed by atoms with Gasteiger partial charge in [-0.25, -0.2) is 9.48 Å². The number of para-hydroxylation sites is 1. The van der Waals surface area contributed by atoms with E-state index in [0.29, 0.717) is 12.8 Å². The lowest BCUT2D eigenvalue weighted by Gasteiger charge is -2.39. The molecule has 0 saturated carbocycles. The number of aliphatic hydroxyl groups is 2. The van der Waals surface area contributed by atoms with Gasteiger partial charge in [0.05, 0.1) is 36.9 Å². The number of aromatic nitrogens is 2. The summed E-state index contributed by atoms with van der Waals surface area (Å²) in [7, 11) is 1.66. The van der Waals surface area contributed by atoms with Gasteiger partial charge >= 0.3 is 17.9 Å². The van der Waals surface area contributed by atoms with Gasteiger partial charge in [0.15, 0.2) is 5.60 Å². The molecule has 4 rings (SSSR count). The van der Waals surface area contributed by atoms with Gasteiger partial charge in [0.1, 0.15) is 5.75 Å². The number of rotatable bonds is 10. The van der Waals surface area contributed by atoms with Gasteiger partial charge in [-0.2, -0.15) is 5.10 Å². The topological polar surface area (TPSA) is 183 Å². The molecule has 226 valence electrons. The zero-order chi connectivity index (χ0) is 31.1. The quantitative estimate of drug-likeness (QED) is 0.237. The average molecular weight is 584 g/mol. The largest absolute Gasteiger partial charge is 0.496 e. The van der Waals surface area contributed by atoms with Crippen LogP contribution in [0.25, 0.3) is 5.69 Å². The van der Waals surface area contributed by atoms with Crippen LogP contribution in [0.4, 0.5) is 0 Å². The maximum Gasteiger partial charge on any atom is 0.336 e. The normalized spacial score (nSPS) is 14.9. The Balaban J connectivity index is 0.000000316. The number of hydrogen-bond acceptors (Lipinski definition) is 8. The number of benzene rings is 2. The molecule has 1 aliphatic rings. The van der Waals surface area contributed by atoms with Gasteiger partial charge in [0.25, 0.3) is 0 Å². The van der Waals surface area contributed by atoms with E-state index in [1.54, 1.807) is 7.11 Å². The Hall–Kier alpha value is -4.26. The zero-order valence-corrected chi connectivity index (χ0v) is 23.9. The zero-order valence-electron chi connectivity index (χ0n) is 23.9. The fraction of sp³-hybridized carbons (Fsp3) is 0.400. The molecule has 1 saturated heterocycles. The molecule has 3 aromatic rings. The summed E-state index contributed by atoms with van der Waals surface area (Å²) in [5.41, 5.74) is 1.85. The van der Waals surface area contributed by atoms with E-state index in [1.807, 2.05) is 35.9 Å². The van der Waals surface area contributed by atoms with E-state index in [2.05, 4.69) is 47.3 Å². The molecule has 1 aromatic heterocycles. The third kappa shape index (κ3) is 8.15. The minimum atomic E-state index is -2.74. The van der Waals surface area contributed by atoms with Crippen molar-refractivity contribution >= 4 is 17.9 Å². The number of nitrogens with zero attached hydrogens (tertiary/aromatic N) is 3. The molecule has 5 N–H and O–H groups in total. The third-order valence-corrected chi connectivity index (χ3v) is 7.15. The smallest absolute Gasteiger partial charge is 0.336 e. The van der Waals surface area contributed by atoms with Crippen molar-refractivity contribution in [1.82, 2.24) is 14.7 Å². The summed E-state index contributed by atoms with van der Waals surface area (Å²) in [6, 6.07) is 18.5. The van der Waals surface area contributed by atoms with Crippen molar-refractivity contribution in [3.8, 4) is 11.4 Å². The van der Waals surface area contributed by atoms with Crippen LogP contribution < -0.4 is 4.74 Å². The van der Waals surface area contributed by atoms with Crippen molar-refractivity contribution in [2.24, 2.45) is 0 Å². The molecular formula is C30H37N3O9. The maximum atomic E-state index is 11.2. The van der Waals surface area contributed by atoms with E-state index in [1.165, 1.54) is 5.56 Å². The molecule has 0 spiro atoms. The number of methoxy groups -OCH3 is 1. The second-order valence-electron chi connectivity index (χ2n) is 10.5. The predicted molar refractivity (Wildman–Crippen MR) is 152 cm³/mol. The van der Waals surface area contributed by atoms with Crippen molar-refractivity contribution < 1.29 is 44.7 Å². The van der Waals surface area contributed by atoms with Crippen LogP contribution in [-0.2, 0) is 26.5 Å². The van der Waals surface area contributed by atoms with Crippen LogP contribution in [0.3, 0.4) is 0 Å². The summed E-state index contributed by atoms with van der Waals surface area (Å²) < 4.78 is 7.47. The van der Waals surface area contributed by atoms with E-state index in [4.69, 9.17) is 25.2 Å². The highest BCUT2D eigenvalue weighted by molar-refractivity contribution is 5.88. The fourth-order valence-corrected chi connectivity index (χ4v) is 5.03. The van der Waals surface area contributed by atoms with E-state index in [9.17, 15) is 19.5 Å². The van der Waals surface area contributed by atoms with Crippen LogP contribution >= 0.6 is 0 Å². The monoisotopic (exact) mass is 583 g/mol. The standard InChI is InChI=1S/C24H29N3O2.C6H8O7/c1-18-15-19(2)27(25-18)21-8-6-7-20(16-21)17-26-13-11-24(28,12-14-26)22-9-4-5-10-23(22)29-3;7-3(8)1-6(13,5(11)12)2-4(9)10/h4-10,15-16,28H,11-14,17H2,1-3H3;13H,1-2H2,(H,7,8)(H,9,10)(H,11,12). The van der Waals surface area contributed by atoms with Crippen LogP contribution in [0, 0.1) is 13.8 Å². The lowest BCUT2D eigenvalue weighted by atomic mass is 9.84. The number of carbonyl (C=O) groups is 3. The minimum absolute atomic E-state index is 0.699. The Bertz CT molecular complexity index is 1390. The molecule has 0 atom stereocenters. The van der Waals surface area contributed by atoms with Crippen molar-refractivity contribution in [2.45, 2.75) is 57.3 Å². The van der Waals surface area contributed by atoms with Crippen LogP contribution in [0.5, 0.6) is 5.75 Å². The maximum absolute atomic E-state index is 11.2. The molecule has 12 heteroatoms. The first kappa shape index (κ1) is 32.3. The summed E-state index contributed by atoms with van der Waals surface area (Å²) in [6.07, 6.45) is -0.891. The highest BCUT2D eigenvalue weighted by atomic mass is 16.5. The first-order valence-corrected chi connectivity index (χ1v) is 13.4. The molecule has 1 fully saturated rings. The second kappa shape index (κ2) is 13.6. The van der Waals surface area contributed by atoms with Crippen LogP contribution in [0.2, 0.25) is 0 Å². The summed E-state index contributed by atoms with van der Waals surface area (Å²) in [6.45, 7) is 6.66. The number of likely N-dealkylation sites (tertiary alicyclic amines) is 1. The molecule has 12 nitrogen and oxygen atoms in total. The molecule has 2 heterocycles. The van der Waals surface area contributed by atoms with Crippen molar-refractivity contribution in [3.63, 3.8) is 0 Å². The number of carboxylic acids is 3. The number of aryl methyl sites for hydroxylation is 2. The van der Waals surface area contributed by atoms with E-state index in [-0.39, 0.29) is 0 Å². The first-order chi connectivity index (χ1) is 19.8. The third-order valence-electron chi connectivity index (χ3n) is 7.15. The molecule has 0 aliphatic carbocycles. The SMILES string of the molecule is COc1ccccc1C1(O)CCN(Cc2cccc(-n3nc(C)cc3C)c2)CC1.O=C(O)CC(O)(CC(=O)O)C(=O)O. The highest BCUT2D eigenvalue weighted by Gasteiger charge is 2.41. The van der Waals surface area contributed by atoms with Crippen LogP contribution in [0.1, 0.15) is 48.2 Å². The van der Waals surface area contributed by atoms with Gasteiger partial charge in [-0.15, -0.1) is 0 Å². The van der Waals surface area contributed by atoms with Gasteiger partial charge < -0.3 is 30.3 Å². The minimum Gasteiger partial charge on any atom is -0.496 e. The lowest BCUT2D eigenvalue weighted by molar-refractivity contribution is -0.170. The number of hydrogen-bond donors (Lipinski definition) is 5. The molecular weight excluding hydrogens is 546 g/mol. The first-order valence-electron chi connectivity index (χ1n) is 13.4. The Morgan fingerprint density at radius 1 is 0.952 bits per heavy atom. The predicted octanol–water partition coefficient (Wildman–Crippen LogP) is 2.73. The molecule has 1 aliphatic heterocycles.